The average molecular weight is 260 g/mol. The van der Waals surface area contributed by atoms with Crippen LogP contribution in [0.15, 0.2) is 18.2 Å². The van der Waals surface area contributed by atoms with Gasteiger partial charge < -0.3 is 11.1 Å². The minimum atomic E-state index is -0.0239. The summed E-state index contributed by atoms with van der Waals surface area (Å²) >= 11 is 0. The normalized spacial score (nSPS) is 26.4. The summed E-state index contributed by atoms with van der Waals surface area (Å²) in [7, 11) is 0. The number of anilines is 1. The van der Waals surface area contributed by atoms with Crippen molar-refractivity contribution in [3.05, 3.63) is 29.3 Å². The second kappa shape index (κ2) is 5.64. The van der Waals surface area contributed by atoms with Gasteiger partial charge in [0.1, 0.15) is 0 Å². The molecule has 0 heterocycles. The zero-order valence-corrected chi connectivity index (χ0v) is 12.1. The summed E-state index contributed by atoms with van der Waals surface area (Å²) in [6.07, 6.45) is 3.49. The molecule has 2 rings (SSSR count). The summed E-state index contributed by atoms with van der Waals surface area (Å²) in [5.74, 6) is 1.27. The van der Waals surface area contributed by atoms with E-state index in [-0.39, 0.29) is 11.9 Å². The van der Waals surface area contributed by atoms with Crippen molar-refractivity contribution in [3.63, 3.8) is 0 Å². The first kappa shape index (κ1) is 13.9. The number of carbonyl (C=O) groups excluding carboxylic acids is 1. The maximum atomic E-state index is 12.4. The summed E-state index contributed by atoms with van der Waals surface area (Å²) in [5.41, 5.74) is 8.06. The van der Waals surface area contributed by atoms with Crippen LogP contribution in [0.2, 0.25) is 0 Å². The molecule has 1 aromatic carbocycles. The molecule has 1 aliphatic carbocycles. The lowest BCUT2D eigenvalue weighted by Crippen LogP contribution is -2.38. The molecule has 0 spiro atoms. The molecule has 3 nitrogen and oxygen atoms in total. The number of nitrogens with one attached hydrogen (secondary N) is 1. The van der Waals surface area contributed by atoms with E-state index in [9.17, 15) is 4.79 Å². The summed E-state index contributed by atoms with van der Waals surface area (Å²) < 4.78 is 0. The second-order valence-electron chi connectivity index (χ2n) is 5.72. The fourth-order valence-corrected chi connectivity index (χ4v) is 3.27. The molecule has 1 aliphatic rings. The molecular formula is C16H24N2O. The molecule has 3 unspecified atom stereocenters. The third-order valence-corrected chi connectivity index (χ3v) is 4.60. The molecule has 3 heteroatoms. The first-order valence-electron chi connectivity index (χ1n) is 7.20. The number of rotatable bonds is 3. The lowest BCUT2D eigenvalue weighted by atomic mass is 9.93. The van der Waals surface area contributed by atoms with E-state index in [4.69, 9.17) is 5.73 Å². The monoisotopic (exact) mass is 260 g/mol. The first-order chi connectivity index (χ1) is 9.04. The molecule has 0 bridgehead atoms. The topological polar surface area (TPSA) is 55.1 Å². The highest BCUT2D eigenvalue weighted by Gasteiger charge is 2.32. The second-order valence-corrected chi connectivity index (χ2v) is 5.72. The number of hydrogen-bond acceptors (Lipinski definition) is 2. The van der Waals surface area contributed by atoms with Crippen molar-refractivity contribution >= 4 is 11.6 Å². The summed E-state index contributed by atoms with van der Waals surface area (Å²) in [6, 6.07) is 5.89. The van der Waals surface area contributed by atoms with E-state index < -0.39 is 0 Å². The van der Waals surface area contributed by atoms with Gasteiger partial charge in [0.05, 0.1) is 5.56 Å². The van der Waals surface area contributed by atoms with Gasteiger partial charge in [-0.05, 0) is 43.2 Å². The maximum absolute atomic E-state index is 12.4. The van der Waals surface area contributed by atoms with Crippen LogP contribution < -0.4 is 11.1 Å². The van der Waals surface area contributed by atoms with Gasteiger partial charge in [0.15, 0.2) is 0 Å². The third kappa shape index (κ3) is 2.75. The molecule has 0 aliphatic heterocycles. The van der Waals surface area contributed by atoms with E-state index in [2.05, 4.69) is 19.2 Å². The highest BCUT2D eigenvalue weighted by atomic mass is 16.1. The molecule has 0 aromatic heterocycles. The molecule has 104 valence electrons. The van der Waals surface area contributed by atoms with Gasteiger partial charge in [-0.1, -0.05) is 32.4 Å². The van der Waals surface area contributed by atoms with Crippen LogP contribution in [0.3, 0.4) is 0 Å². The lowest BCUT2D eigenvalue weighted by molar-refractivity contribution is 0.0927. The number of hydrogen-bond donors (Lipinski definition) is 2. The Morgan fingerprint density at radius 3 is 2.74 bits per heavy atom. The molecule has 0 saturated heterocycles. The molecule has 1 amide bonds. The fourth-order valence-electron chi connectivity index (χ4n) is 3.27. The number of amides is 1. The SMILES string of the molecule is CCC1CCC(NC(=O)c2c(C)cccc2N)C1C. The van der Waals surface area contributed by atoms with E-state index >= 15 is 0 Å². The molecule has 1 aromatic rings. The van der Waals surface area contributed by atoms with Gasteiger partial charge >= 0.3 is 0 Å². The fraction of sp³-hybridized carbons (Fsp3) is 0.562. The van der Waals surface area contributed by atoms with Crippen molar-refractivity contribution in [2.75, 3.05) is 5.73 Å². The van der Waals surface area contributed by atoms with Gasteiger partial charge in [-0.15, -0.1) is 0 Å². The summed E-state index contributed by atoms with van der Waals surface area (Å²) in [5, 5.41) is 3.17. The van der Waals surface area contributed by atoms with Crippen LogP contribution in [0, 0.1) is 18.8 Å². The number of nitrogen functional groups attached to an aromatic ring is 1. The lowest BCUT2D eigenvalue weighted by Gasteiger charge is -2.21. The number of nitrogens with two attached hydrogens (primary N) is 1. The minimum Gasteiger partial charge on any atom is -0.398 e. The van der Waals surface area contributed by atoms with Crippen LogP contribution in [0.25, 0.3) is 0 Å². The van der Waals surface area contributed by atoms with Gasteiger partial charge in [0, 0.05) is 11.7 Å². The third-order valence-electron chi connectivity index (χ3n) is 4.60. The van der Waals surface area contributed by atoms with Crippen LogP contribution >= 0.6 is 0 Å². The zero-order valence-electron chi connectivity index (χ0n) is 12.1. The highest BCUT2D eigenvalue weighted by Crippen LogP contribution is 2.34. The van der Waals surface area contributed by atoms with Crippen molar-refractivity contribution in [1.82, 2.24) is 5.32 Å². The highest BCUT2D eigenvalue weighted by molar-refractivity contribution is 6.00. The Morgan fingerprint density at radius 2 is 2.16 bits per heavy atom. The van der Waals surface area contributed by atoms with Gasteiger partial charge in [0.25, 0.3) is 5.91 Å². The molecular weight excluding hydrogens is 236 g/mol. The van der Waals surface area contributed by atoms with Crippen LogP contribution in [-0.2, 0) is 0 Å². The van der Waals surface area contributed by atoms with Gasteiger partial charge in [-0.25, -0.2) is 0 Å². The van der Waals surface area contributed by atoms with Crippen molar-refractivity contribution in [1.29, 1.82) is 0 Å². The molecule has 0 radical (unpaired) electrons. The Kier molecular flexibility index (Phi) is 4.13. The van der Waals surface area contributed by atoms with E-state index in [1.54, 1.807) is 6.07 Å². The van der Waals surface area contributed by atoms with E-state index in [1.807, 2.05) is 19.1 Å². The average Bonchev–Trinajstić information content (AvgIpc) is 2.70. The predicted octanol–water partition coefficient (Wildman–Crippen LogP) is 3.13. The van der Waals surface area contributed by atoms with Crippen molar-refractivity contribution in [2.24, 2.45) is 11.8 Å². The van der Waals surface area contributed by atoms with Crippen molar-refractivity contribution in [2.45, 2.75) is 46.1 Å². The Bertz CT molecular complexity index is 450. The number of aryl methyl sites for hydroxylation is 1. The Hall–Kier alpha value is -1.51. The van der Waals surface area contributed by atoms with Crippen molar-refractivity contribution < 1.29 is 4.79 Å². The Morgan fingerprint density at radius 1 is 1.42 bits per heavy atom. The largest absolute Gasteiger partial charge is 0.398 e. The van der Waals surface area contributed by atoms with Crippen LogP contribution in [-0.4, -0.2) is 11.9 Å². The number of carbonyl (C=O) groups is 1. The minimum absolute atomic E-state index is 0.0239. The first-order valence-corrected chi connectivity index (χ1v) is 7.20. The van der Waals surface area contributed by atoms with Gasteiger partial charge in [-0.3, -0.25) is 4.79 Å². The van der Waals surface area contributed by atoms with Crippen LogP contribution in [0.4, 0.5) is 5.69 Å². The van der Waals surface area contributed by atoms with E-state index in [0.717, 1.165) is 17.9 Å². The predicted molar refractivity (Wildman–Crippen MR) is 79.0 cm³/mol. The molecule has 1 saturated carbocycles. The summed E-state index contributed by atoms with van der Waals surface area (Å²) in [6.45, 7) is 6.40. The number of benzene rings is 1. The van der Waals surface area contributed by atoms with E-state index in [1.165, 1.54) is 12.8 Å². The standard InChI is InChI=1S/C16H24N2O/c1-4-12-8-9-14(11(12)3)18-16(19)15-10(2)6-5-7-13(15)17/h5-7,11-12,14H,4,8-9,17H2,1-3H3,(H,18,19). The molecule has 3 atom stereocenters. The smallest absolute Gasteiger partial charge is 0.253 e. The van der Waals surface area contributed by atoms with Gasteiger partial charge in [-0.2, -0.15) is 0 Å². The molecule has 19 heavy (non-hydrogen) atoms. The Labute approximate surface area is 115 Å². The molecule has 3 N–H and O–H groups in total. The zero-order chi connectivity index (χ0) is 14.0. The van der Waals surface area contributed by atoms with E-state index in [0.29, 0.717) is 17.2 Å². The quantitative estimate of drug-likeness (QED) is 0.820. The van der Waals surface area contributed by atoms with Gasteiger partial charge in [0.2, 0.25) is 0 Å². The Balaban J connectivity index is 2.10. The maximum Gasteiger partial charge on any atom is 0.253 e. The van der Waals surface area contributed by atoms with Crippen LogP contribution in [0.5, 0.6) is 0 Å². The molecule has 1 fully saturated rings. The van der Waals surface area contributed by atoms with Crippen molar-refractivity contribution in [3.8, 4) is 0 Å². The summed E-state index contributed by atoms with van der Waals surface area (Å²) in [4.78, 5) is 12.4. The van der Waals surface area contributed by atoms with Crippen LogP contribution in [0.1, 0.15) is 49.0 Å².